The molecule has 0 fully saturated rings. The van der Waals surface area contributed by atoms with Crippen molar-refractivity contribution in [3.63, 3.8) is 0 Å². The van der Waals surface area contributed by atoms with E-state index in [1.807, 2.05) is 6.92 Å². The molecule has 4 rings (SSSR count). The third-order valence-electron chi connectivity index (χ3n) is 3.58. The van der Waals surface area contributed by atoms with Crippen molar-refractivity contribution in [1.29, 1.82) is 0 Å². The van der Waals surface area contributed by atoms with E-state index in [0.717, 1.165) is 10.9 Å². The van der Waals surface area contributed by atoms with Gasteiger partial charge in [-0.05, 0) is 30.7 Å². The summed E-state index contributed by atoms with van der Waals surface area (Å²) in [5.74, 6) is 0.362. The van der Waals surface area contributed by atoms with Crippen LogP contribution in [0.25, 0.3) is 33.8 Å². The number of furan rings is 1. The lowest BCUT2D eigenvalue weighted by atomic mass is 10.1. The summed E-state index contributed by atoms with van der Waals surface area (Å²) in [5, 5.41) is 4.64. The Morgan fingerprint density at radius 2 is 2.09 bits per heavy atom. The molecule has 114 valence electrons. The van der Waals surface area contributed by atoms with Gasteiger partial charge in [-0.25, -0.2) is 9.37 Å². The highest BCUT2D eigenvalue weighted by molar-refractivity contribution is 5.82. The molecule has 0 atom stereocenters. The van der Waals surface area contributed by atoms with Gasteiger partial charge in [0.2, 0.25) is 5.82 Å². The highest BCUT2D eigenvalue weighted by Gasteiger charge is 2.16. The Bertz CT molecular complexity index is 1020. The number of nitrogens with two attached hydrogens (primary N) is 1. The van der Waals surface area contributed by atoms with Crippen molar-refractivity contribution >= 4 is 16.8 Å². The second-order valence-electron chi connectivity index (χ2n) is 5.14. The van der Waals surface area contributed by atoms with Gasteiger partial charge in [0.05, 0.1) is 11.8 Å². The van der Waals surface area contributed by atoms with Gasteiger partial charge < -0.3 is 14.7 Å². The average molecular weight is 310 g/mol. The van der Waals surface area contributed by atoms with Gasteiger partial charge in [0.15, 0.2) is 0 Å². The summed E-state index contributed by atoms with van der Waals surface area (Å²) in [6.07, 6.45) is 3.04. The molecule has 3 heterocycles. The number of nitrogens with zero attached hydrogens (tertiary/aromatic N) is 3. The summed E-state index contributed by atoms with van der Waals surface area (Å²) in [5.41, 5.74) is 7.83. The Labute approximate surface area is 129 Å². The van der Waals surface area contributed by atoms with Crippen LogP contribution < -0.4 is 5.73 Å². The van der Waals surface area contributed by atoms with E-state index in [1.54, 1.807) is 24.4 Å². The van der Waals surface area contributed by atoms with Crippen molar-refractivity contribution in [2.75, 3.05) is 5.73 Å². The van der Waals surface area contributed by atoms with Gasteiger partial charge in [-0.3, -0.25) is 0 Å². The molecular formula is C16H11FN4O2. The average Bonchev–Trinajstić information content (AvgIpc) is 3.17. The summed E-state index contributed by atoms with van der Waals surface area (Å²) < 4.78 is 24.5. The lowest BCUT2D eigenvalue weighted by Crippen LogP contribution is -1.94. The molecule has 4 aromatic rings. The van der Waals surface area contributed by atoms with Crippen LogP contribution in [0.3, 0.4) is 0 Å². The van der Waals surface area contributed by atoms with E-state index in [1.165, 1.54) is 12.3 Å². The lowest BCUT2D eigenvalue weighted by molar-refractivity contribution is 0.429. The minimum Gasteiger partial charge on any atom is -0.464 e. The van der Waals surface area contributed by atoms with Gasteiger partial charge in [0, 0.05) is 23.2 Å². The molecule has 0 saturated carbocycles. The summed E-state index contributed by atoms with van der Waals surface area (Å²) in [7, 11) is 0. The number of hydrogen-bond donors (Lipinski definition) is 1. The topological polar surface area (TPSA) is 91.0 Å². The third-order valence-corrected chi connectivity index (χ3v) is 3.58. The SMILES string of the molecule is Cc1cc(-c2noc(-c3cc4ccoc4cc3F)n2)cnc1N. The van der Waals surface area contributed by atoms with Gasteiger partial charge in [0.1, 0.15) is 17.2 Å². The smallest absolute Gasteiger partial charge is 0.261 e. The van der Waals surface area contributed by atoms with E-state index < -0.39 is 5.82 Å². The first-order valence-corrected chi connectivity index (χ1v) is 6.85. The minimum absolute atomic E-state index is 0.0927. The Balaban J connectivity index is 1.79. The number of anilines is 1. The fourth-order valence-corrected chi connectivity index (χ4v) is 2.31. The number of hydrogen-bond acceptors (Lipinski definition) is 6. The second-order valence-corrected chi connectivity index (χ2v) is 5.14. The van der Waals surface area contributed by atoms with Crippen LogP contribution in [0.1, 0.15) is 5.56 Å². The van der Waals surface area contributed by atoms with E-state index in [4.69, 9.17) is 14.7 Å². The van der Waals surface area contributed by atoms with Crippen LogP contribution in [0.4, 0.5) is 10.2 Å². The monoisotopic (exact) mass is 310 g/mol. The van der Waals surface area contributed by atoms with Gasteiger partial charge in [-0.15, -0.1) is 0 Å². The number of halogens is 1. The van der Waals surface area contributed by atoms with Crippen molar-refractivity contribution in [3.8, 4) is 22.8 Å². The summed E-state index contributed by atoms with van der Waals surface area (Å²) in [6.45, 7) is 1.83. The number of fused-ring (bicyclic) bond motifs is 1. The minimum atomic E-state index is -0.491. The standard InChI is InChI=1S/C16H11FN4O2/c1-8-4-10(7-19-14(8)18)15-20-16(23-21-15)11-5-9-2-3-22-13(9)6-12(11)17/h2-7H,1H3,(H2,18,19). The molecule has 7 heteroatoms. The number of rotatable bonds is 2. The highest BCUT2D eigenvalue weighted by atomic mass is 19.1. The number of pyridine rings is 1. The number of benzene rings is 1. The molecule has 0 bridgehead atoms. The van der Waals surface area contributed by atoms with E-state index in [0.29, 0.717) is 22.8 Å². The maximum absolute atomic E-state index is 14.2. The van der Waals surface area contributed by atoms with E-state index in [2.05, 4.69) is 15.1 Å². The molecule has 0 aliphatic heterocycles. The molecule has 0 aliphatic carbocycles. The van der Waals surface area contributed by atoms with Crippen LogP contribution in [0.2, 0.25) is 0 Å². The zero-order valence-electron chi connectivity index (χ0n) is 12.1. The number of aryl methyl sites for hydroxylation is 1. The molecule has 0 amide bonds. The number of nitrogen functional groups attached to an aromatic ring is 1. The third kappa shape index (κ3) is 2.22. The van der Waals surface area contributed by atoms with Crippen molar-refractivity contribution in [1.82, 2.24) is 15.1 Å². The molecule has 0 radical (unpaired) electrons. The van der Waals surface area contributed by atoms with E-state index in [9.17, 15) is 4.39 Å². The summed E-state index contributed by atoms with van der Waals surface area (Å²) >= 11 is 0. The summed E-state index contributed by atoms with van der Waals surface area (Å²) in [6, 6.07) is 6.44. The van der Waals surface area contributed by atoms with Crippen LogP contribution in [-0.4, -0.2) is 15.1 Å². The molecule has 0 spiro atoms. The van der Waals surface area contributed by atoms with Crippen LogP contribution in [0.15, 0.2) is 45.7 Å². The van der Waals surface area contributed by atoms with Gasteiger partial charge in [-0.2, -0.15) is 4.98 Å². The largest absolute Gasteiger partial charge is 0.464 e. The fraction of sp³-hybridized carbons (Fsp3) is 0.0625. The van der Waals surface area contributed by atoms with E-state index in [-0.39, 0.29) is 11.5 Å². The van der Waals surface area contributed by atoms with Crippen LogP contribution in [0.5, 0.6) is 0 Å². The number of aromatic nitrogens is 3. The molecular weight excluding hydrogens is 299 g/mol. The Morgan fingerprint density at radius 1 is 1.22 bits per heavy atom. The second kappa shape index (κ2) is 4.91. The van der Waals surface area contributed by atoms with Crippen molar-refractivity contribution in [2.24, 2.45) is 0 Å². The maximum Gasteiger partial charge on any atom is 0.261 e. The van der Waals surface area contributed by atoms with Crippen molar-refractivity contribution in [3.05, 3.63) is 48.1 Å². The van der Waals surface area contributed by atoms with Gasteiger partial charge >= 0.3 is 0 Å². The Morgan fingerprint density at radius 3 is 2.91 bits per heavy atom. The molecule has 3 aromatic heterocycles. The summed E-state index contributed by atoms with van der Waals surface area (Å²) in [4.78, 5) is 8.30. The van der Waals surface area contributed by atoms with Crippen LogP contribution in [0, 0.1) is 12.7 Å². The molecule has 0 saturated heterocycles. The predicted molar refractivity (Wildman–Crippen MR) is 81.8 cm³/mol. The lowest BCUT2D eigenvalue weighted by Gasteiger charge is -1.99. The fourth-order valence-electron chi connectivity index (χ4n) is 2.31. The Kier molecular flexibility index (Phi) is 2.87. The normalized spacial score (nSPS) is 11.2. The van der Waals surface area contributed by atoms with Crippen molar-refractivity contribution < 1.29 is 13.3 Å². The van der Waals surface area contributed by atoms with Crippen molar-refractivity contribution in [2.45, 2.75) is 6.92 Å². The highest BCUT2D eigenvalue weighted by Crippen LogP contribution is 2.29. The van der Waals surface area contributed by atoms with E-state index >= 15 is 0 Å². The first-order chi connectivity index (χ1) is 11.1. The zero-order valence-corrected chi connectivity index (χ0v) is 12.1. The first kappa shape index (κ1) is 13.4. The predicted octanol–water partition coefficient (Wildman–Crippen LogP) is 3.57. The van der Waals surface area contributed by atoms with Crippen LogP contribution >= 0.6 is 0 Å². The van der Waals surface area contributed by atoms with Crippen LogP contribution in [-0.2, 0) is 0 Å². The maximum atomic E-state index is 14.2. The molecule has 23 heavy (non-hydrogen) atoms. The quantitative estimate of drug-likeness (QED) is 0.608. The molecule has 6 nitrogen and oxygen atoms in total. The Hall–Kier alpha value is -3.22. The first-order valence-electron chi connectivity index (χ1n) is 6.85. The zero-order chi connectivity index (χ0) is 16.0. The van der Waals surface area contributed by atoms with Gasteiger partial charge in [0.25, 0.3) is 5.89 Å². The molecule has 2 N–H and O–H groups in total. The molecule has 0 aliphatic rings. The molecule has 1 aromatic carbocycles. The van der Waals surface area contributed by atoms with Gasteiger partial charge in [-0.1, -0.05) is 5.16 Å². The molecule has 0 unspecified atom stereocenters.